The first-order valence-corrected chi connectivity index (χ1v) is 10.6. The summed E-state index contributed by atoms with van der Waals surface area (Å²) in [5.41, 5.74) is 0.953. The van der Waals surface area contributed by atoms with Crippen LogP contribution in [0, 0.1) is 12.8 Å². The molecule has 146 valence electrons. The van der Waals surface area contributed by atoms with Gasteiger partial charge in [0.15, 0.2) is 5.92 Å². The molecule has 1 N–H and O–H groups in total. The quantitative estimate of drug-likeness (QED) is 0.333. The maximum Gasteiger partial charge on any atom is 0.320 e. The number of alkyl halides is 1. The number of carbonyl (C=O) groups is 2. The lowest BCUT2D eigenvalue weighted by Crippen LogP contribution is -2.35. The number of benzene rings is 1. The second-order valence-corrected chi connectivity index (χ2v) is 8.62. The highest BCUT2D eigenvalue weighted by molar-refractivity contribution is 9.09. The molecule has 0 aromatic heterocycles. The summed E-state index contributed by atoms with van der Waals surface area (Å²) in [6, 6.07) is 6.44. The van der Waals surface area contributed by atoms with Crippen LogP contribution in [0.1, 0.15) is 25.8 Å². The molecule has 0 radical (unpaired) electrons. The Morgan fingerprint density at radius 2 is 1.58 bits per heavy atom. The Labute approximate surface area is 162 Å². The molecule has 1 atom stereocenters. The molecule has 9 heteroatoms. The molecule has 0 spiro atoms. The molecular formula is C17H24BrNO6S. The Balaban J connectivity index is 2.72. The van der Waals surface area contributed by atoms with Crippen LogP contribution in [0.2, 0.25) is 0 Å². The van der Waals surface area contributed by atoms with Gasteiger partial charge in [0.05, 0.1) is 18.1 Å². The molecule has 26 heavy (non-hydrogen) atoms. The van der Waals surface area contributed by atoms with E-state index in [2.05, 4.69) is 20.7 Å². The SMILES string of the molecule is CCOC(=O)C(CC(Br)CNS(=O)(=O)c1ccc(C)cc1)C(=O)OCC. The number of carbonyl (C=O) groups excluding carboxylic acids is 2. The van der Waals surface area contributed by atoms with Crippen molar-refractivity contribution in [3.63, 3.8) is 0 Å². The van der Waals surface area contributed by atoms with Crippen molar-refractivity contribution in [1.82, 2.24) is 4.72 Å². The van der Waals surface area contributed by atoms with Crippen LogP contribution in [-0.2, 0) is 29.1 Å². The molecule has 0 heterocycles. The first-order valence-electron chi connectivity index (χ1n) is 8.24. The molecule has 1 aromatic rings. The Hall–Kier alpha value is -1.45. The van der Waals surface area contributed by atoms with Crippen LogP contribution in [0.3, 0.4) is 0 Å². The first kappa shape index (κ1) is 22.6. The second-order valence-electron chi connectivity index (χ2n) is 5.55. The van der Waals surface area contributed by atoms with Crippen molar-refractivity contribution in [3.8, 4) is 0 Å². The number of rotatable bonds is 10. The smallest absolute Gasteiger partial charge is 0.320 e. The summed E-state index contributed by atoms with van der Waals surface area (Å²) in [5.74, 6) is -2.48. The molecule has 0 amide bonds. The van der Waals surface area contributed by atoms with E-state index in [9.17, 15) is 18.0 Å². The highest BCUT2D eigenvalue weighted by atomic mass is 79.9. The molecule has 0 aliphatic heterocycles. The predicted octanol–water partition coefficient (Wildman–Crippen LogP) is 2.17. The highest BCUT2D eigenvalue weighted by Gasteiger charge is 2.32. The lowest BCUT2D eigenvalue weighted by atomic mass is 10.0. The normalized spacial score (nSPS) is 12.7. The van der Waals surface area contributed by atoms with Crippen LogP contribution >= 0.6 is 15.9 Å². The standard InChI is InChI=1S/C17H24BrNO6S/c1-4-24-16(20)15(17(21)25-5-2)10-13(18)11-19-26(22,23)14-8-6-12(3)7-9-14/h6-9,13,15,19H,4-5,10-11H2,1-3H3. The van der Waals surface area contributed by atoms with Crippen molar-refractivity contribution in [2.45, 2.75) is 36.9 Å². The predicted molar refractivity (Wildman–Crippen MR) is 100 cm³/mol. The molecular weight excluding hydrogens is 426 g/mol. The Bertz CT molecular complexity index is 686. The van der Waals surface area contributed by atoms with E-state index in [1.165, 1.54) is 12.1 Å². The largest absolute Gasteiger partial charge is 0.465 e. The third-order valence-electron chi connectivity index (χ3n) is 3.46. The molecule has 0 saturated carbocycles. The van der Waals surface area contributed by atoms with Crippen LogP contribution in [0.5, 0.6) is 0 Å². The number of esters is 2. The van der Waals surface area contributed by atoms with Crippen LogP contribution in [0.15, 0.2) is 29.2 Å². The number of halogens is 1. The van der Waals surface area contributed by atoms with E-state index in [-0.39, 0.29) is 31.1 Å². The summed E-state index contributed by atoms with van der Waals surface area (Å²) in [7, 11) is -3.68. The number of sulfonamides is 1. The van der Waals surface area contributed by atoms with Gasteiger partial charge in [-0.3, -0.25) is 9.59 Å². The molecule has 1 aromatic carbocycles. The highest BCUT2D eigenvalue weighted by Crippen LogP contribution is 2.18. The van der Waals surface area contributed by atoms with E-state index in [0.717, 1.165) is 5.56 Å². The van der Waals surface area contributed by atoms with Crippen molar-refractivity contribution in [1.29, 1.82) is 0 Å². The fourth-order valence-electron chi connectivity index (χ4n) is 2.11. The third-order valence-corrected chi connectivity index (χ3v) is 5.60. The molecule has 0 bridgehead atoms. The zero-order valence-electron chi connectivity index (χ0n) is 15.0. The van der Waals surface area contributed by atoms with Gasteiger partial charge in [0.1, 0.15) is 0 Å². The molecule has 0 saturated heterocycles. The van der Waals surface area contributed by atoms with E-state index in [1.54, 1.807) is 26.0 Å². The average molecular weight is 450 g/mol. The fraction of sp³-hybridized carbons (Fsp3) is 0.529. The summed E-state index contributed by atoms with van der Waals surface area (Å²) in [6.07, 6.45) is 0.0497. The Morgan fingerprint density at radius 3 is 2.04 bits per heavy atom. The summed E-state index contributed by atoms with van der Waals surface area (Å²) < 4.78 is 36.8. The van der Waals surface area contributed by atoms with Gasteiger partial charge in [0, 0.05) is 11.4 Å². The Kier molecular flexibility index (Phi) is 9.24. The maximum absolute atomic E-state index is 12.3. The minimum absolute atomic E-state index is 0.00548. The van der Waals surface area contributed by atoms with Gasteiger partial charge in [-0.15, -0.1) is 0 Å². The van der Waals surface area contributed by atoms with Gasteiger partial charge < -0.3 is 9.47 Å². The number of nitrogens with one attached hydrogen (secondary N) is 1. The fourth-order valence-corrected chi connectivity index (χ4v) is 3.95. The number of aryl methyl sites for hydroxylation is 1. The van der Waals surface area contributed by atoms with Gasteiger partial charge >= 0.3 is 11.9 Å². The minimum Gasteiger partial charge on any atom is -0.465 e. The van der Waals surface area contributed by atoms with Crippen LogP contribution < -0.4 is 4.72 Å². The van der Waals surface area contributed by atoms with Crippen molar-refractivity contribution in [2.24, 2.45) is 5.92 Å². The molecule has 7 nitrogen and oxygen atoms in total. The van der Waals surface area contributed by atoms with Gasteiger partial charge in [-0.1, -0.05) is 33.6 Å². The molecule has 0 fully saturated rings. The Morgan fingerprint density at radius 1 is 1.08 bits per heavy atom. The number of hydrogen-bond acceptors (Lipinski definition) is 6. The van der Waals surface area contributed by atoms with Crippen LogP contribution in [-0.4, -0.2) is 44.9 Å². The van der Waals surface area contributed by atoms with Gasteiger partial charge in [0.25, 0.3) is 0 Å². The third kappa shape index (κ3) is 7.05. The zero-order valence-corrected chi connectivity index (χ0v) is 17.4. The van der Waals surface area contributed by atoms with Gasteiger partial charge in [-0.05, 0) is 39.3 Å². The van der Waals surface area contributed by atoms with Gasteiger partial charge in [-0.2, -0.15) is 0 Å². The van der Waals surface area contributed by atoms with E-state index in [1.807, 2.05) is 6.92 Å². The molecule has 1 rings (SSSR count). The molecule has 0 aliphatic carbocycles. The maximum atomic E-state index is 12.3. The zero-order chi connectivity index (χ0) is 19.7. The molecule has 0 aliphatic rings. The monoisotopic (exact) mass is 449 g/mol. The van der Waals surface area contributed by atoms with Crippen molar-refractivity contribution in [3.05, 3.63) is 29.8 Å². The van der Waals surface area contributed by atoms with E-state index < -0.39 is 32.7 Å². The molecule has 1 unspecified atom stereocenters. The van der Waals surface area contributed by atoms with E-state index in [4.69, 9.17) is 9.47 Å². The van der Waals surface area contributed by atoms with Gasteiger partial charge in [0.2, 0.25) is 10.0 Å². The van der Waals surface area contributed by atoms with Gasteiger partial charge in [-0.25, -0.2) is 13.1 Å². The van der Waals surface area contributed by atoms with Crippen molar-refractivity contribution in [2.75, 3.05) is 19.8 Å². The average Bonchev–Trinajstić information content (AvgIpc) is 2.58. The number of hydrogen-bond donors (Lipinski definition) is 1. The summed E-state index contributed by atoms with van der Waals surface area (Å²) in [6.45, 7) is 5.43. The summed E-state index contributed by atoms with van der Waals surface area (Å²) in [5, 5.41) is 0. The first-order chi connectivity index (χ1) is 12.2. The minimum atomic E-state index is -3.68. The van der Waals surface area contributed by atoms with Crippen LogP contribution in [0.4, 0.5) is 0 Å². The summed E-state index contributed by atoms with van der Waals surface area (Å²) in [4.78, 5) is 23.6. The van der Waals surface area contributed by atoms with E-state index in [0.29, 0.717) is 0 Å². The second kappa shape index (κ2) is 10.6. The van der Waals surface area contributed by atoms with E-state index >= 15 is 0 Å². The van der Waals surface area contributed by atoms with Crippen molar-refractivity contribution < 1.29 is 27.5 Å². The summed E-state index contributed by atoms with van der Waals surface area (Å²) >= 11 is 3.31. The number of ether oxygens (including phenoxy) is 2. The topological polar surface area (TPSA) is 98.8 Å². The van der Waals surface area contributed by atoms with Crippen molar-refractivity contribution >= 4 is 37.9 Å². The lowest BCUT2D eigenvalue weighted by molar-refractivity contribution is -0.161. The van der Waals surface area contributed by atoms with Crippen LogP contribution in [0.25, 0.3) is 0 Å². The lowest BCUT2D eigenvalue weighted by Gasteiger charge is -2.18.